The lowest BCUT2D eigenvalue weighted by atomic mass is 9.83. The molecular formula is C19H21NO4. The maximum Gasteiger partial charge on any atom is 0.161 e. The number of nitrogens with zero attached hydrogens (tertiary/aromatic N) is 1. The third-order valence-corrected chi connectivity index (χ3v) is 5.16. The lowest BCUT2D eigenvalue weighted by Crippen LogP contribution is -2.43. The van der Waals surface area contributed by atoms with E-state index in [9.17, 15) is 4.79 Å². The fourth-order valence-corrected chi connectivity index (χ4v) is 4.02. The van der Waals surface area contributed by atoms with Crippen molar-refractivity contribution in [2.24, 2.45) is 0 Å². The summed E-state index contributed by atoms with van der Waals surface area (Å²) in [5.41, 5.74) is 2.41. The number of furan rings is 1. The van der Waals surface area contributed by atoms with E-state index in [1.807, 2.05) is 24.3 Å². The van der Waals surface area contributed by atoms with Crippen molar-refractivity contribution < 1.29 is 18.7 Å². The molecule has 1 aromatic carbocycles. The van der Waals surface area contributed by atoms with Crippen molar-refractivity contribution in [2.75, 3.05) is 20.8 Å². The minimum atomic E-state index is 0.0208. The van der Waals surface area contributed by atoms with Crippen molar-refractivity contribution in [2.45, 2.75) is 31.3 Å². The van der Waals surface area contributed by atoms with E-state index in [1.54, 1.807) is 20.5 Å². The Morgan fingerprint density at radius 2 is 1.88 bits per heavy atom. The molecule has 0 unspecified atom stereocenters. The molecule has 1 aromatic heterocycles. The fraction of sp³-hybridized carbons (Fsp3) is 0.421. The molecule has 0 amide bonds. The number of ether oxygens (including phenoxy) is 2. The number of rotatable bonds is 3. The van der Waals surface area contributed by atoms with Gasteiger partial charge in [-0.15, -0.1) is 0 Å². The van der Waals surface area contributed by atoms with Crippen molar-refractivity contribution in [3.8, 4) is 11.5 Å². The summed E-state index contributed by atoms with van der Waals surface area (Å²) < 4.78 is 16.5. The largest absolute Gasteiger partial charge is 0.493 e. The first kappa shape index (κ1) is 15.3. The smallest absolute Gasteiger partial charge is 0.161 e. The number of Topliss-reactive ketones (excluding diaryl/α,β-unsaturated/α-hetero) is 1. The number of carbonyl (C=O) groups is 1. The zero-order valence-corrected chi connectivity index (χ0v) is 14.0. The molecule has 2 aliphatic heterocycles. The first-order valence-electron chi connectivity index (χ1n) is 8.27. The van der Waals surface area contributed by atoms with Gasteiger partial charge in [0.05, 0.1) is 26.5 Å². The number of piperidine rings is 1. The van der Waals surface area contributed by atoms with Crippen LogP contribution in [-0.2, 0) is 11.2 Å². The Balaban J connectivity index is 1.76. The fourth-order valence-electron chi connectivity index (χ4n) is 4.02. The van der Waals surface area contributed by atoms with Crippen LogP contribution in [0.1, 0.15) is 41.8 Å². The maximum atomic E-state index is 12.4. The van der Waals surface area contributed by atoms with Crippen LogP contribution in [0.3, 0.4) is 0 Å². The van der Waals surface area contributed by atoms with Crippen LogP contribution in [0.2, 0.25) is 0 Å². The second-order valence-corrected chi connectivity index (χ2v) is 6.39. The third kappa shape index (κ3) is 2.40. The van der Waals surface area contributed by atoms with Crippen LogP contribution in [0.5, 0.6) is 11.5 Å². The molecule has 3 heterocycles. The zero-order valence-electron chi connectivity index (χ0n) is 14.0. The molecule has 0 spiro atoms. The van der Waals surface area contributed by atoms with Crippen LogP contribution in [0, 0.1) is 0 Å². The van der Waals surface area contributed by atoms with Crippen molar-refractivity contribution in [1.82, 2.24) is 4.90 Å². The number of hydrogen-bond donors (Lipinski definition) is 0. The van der Waals surface area contributed by atoms with Gasteiger partial charge >= 0.3 is 0 Å². The van der Waals surface area contributed by atoms with Gasteiger partial charge in [0.25, 0.3) is 0 Å². The Morgan fingerprint density at radius 3 is 2.58 bits per heavy atom. The van der Waals surface area contributed by atoms with E-state index in [1.165, 1.54) is 11.1 Å². The highest BCUT2D eigenvalue weighted by atomic mass is 16.5. The summed E-state index contributed by atoms with van der Waals surface area (Å²) in [6, 6.07) is 8.02. The molecule has 0 saturated carbocycles. The Hall–Kier alpha value is -2.27. The Labute approximate surface area is 141 Å². The molecular weight excluding hydrogens is 306 g/mol. The summed E-state index contributed by atoms with van der Waals surface area (Å²) >= 11 is 0. The van der Waals surface area contributed by atoms with E-state index in [-0.39, 0.29) is 17.9 Å². The molecule has 0 bridgehead atoms. The normalized spacial score (nSPS) is 23.5. The van der Waals surface area contributed by atoms with Gasteiger partial charge in [-0.05, 0) is 41.8 Å². The molecule has 5 nitrogen and oxygen atoms in total. The average Bonchev–Trinajstić information content (AvgIpc) is 3.14. The van der Waals surface area contributed by atoms with Crippen LogP contribution in [-0.4, -0.2) is 31.4 Å². The molecule has 1 saturated heterocycles. The summed E-state index contributed by atoms with van der Waals surface area (Å²) in [4.78, 5) is 14.8. The molecule has 126 valence electrons. The summed E-state index contributed by atoms with van der Waals surface area (Å²) in [7, 11) is 3.29. The van der Waals surface area contributed by atoms with Gasteiger partial charge in [-0.25, -0.2) is 0 Å². The lowest BCUT2D eigenvalue weighted by Gasteiger charge is -2.44. The van der Waals surface area contributed by atoms with Gasteiger partial charge in [0.15, 0.2) is 11.5 Å². The number of hydrogen-bond acceptors (Lipinski definition) is 5. The predicted octanol–water partition coefficient (Wildman–Crippen LogP) is 3.30. The Bertz CT molecular complexity index is 753. The van der Waals surface area contributed by atoms with Crippen molar-refractivity contribution in [3.05, 3.63) is 47.4 Å². The number of ketones is 1. The molecule has 5 heteroatoms. The van der Waals surface area contributed by atoms with Gasteiger partial charge in [-0.3, -0.25) is 9.69 Å². The van der Waals surface area contributed by atoms with Crippen LogP contribution in [0.15, 0.2) is 34.9 Å². The van der Waals surface area contributed by atoms with Crippen molar-refractivity contribution in [1.29, 1.82) is 0 Å². The van der Waals surface area contributed by atoms with E-state index >= 15 is 0 Å². The summed E-state index contributed by atoms with van der Waals surface area (Å²) in [6.45, 7) is 0.909. The first-order chi connectivity index (χ1) is 11.7. The van der Waals surface area contributed by atoms with Crippen LogP contribution in [0.25, 0.3) is 0 Å². The number of carbonyl (C=O) groups excluding carboxylic acids is 1. The quantitative estimate of drug-likeness (QED) is 0.866. The molecule has 0 N–H and O–H groups in total. The molecule has 0 radical (unpaired) electrons. The van der Waals surface area contributed by atoms with Crippen LogP contribution < -0.4 is 9.47 Å². The second-order valence-electron chi connectivity index (χ2n) is 6.39. The molecule has 4 rings (SSSR count). The predicted molar refractivity (Wildman–Crippen MR) is 88.4 cm³/mol. The number of benzene rings is 1. The van der Waals surface area contributed by atoms with Gasteiger partial charge in [0.2, 0.25) is 0 Å². The number of fused-ring (bicyclic) bond motifs is 3. The third-order valence-electron chi connectivity index (χ3n) is 5.16. The molecule has 2 atom stereocenters. The molecule has 2 aromatic rings. The molecule has 1 fully saturated rings. The SMILES string of the molecule is COc1cc2c(cc1OC)[C@@H]1CC(=O)C[C@@H](c3ccco3)N1CC2. The topological polar surface area (TPSA) is 51.9 Å². The lowest BCUT2D eigenvalue weighted by molar-refractivity contribution is -0.126. The molecule has 24 heavy (non-hydrogen) atoms. The monoisotopic (exact) mass is 327 g/mol. The average molecular weight is 327 g/mol. The van der Waals surface area contributed by atoms with E-state index in [4.69, 9.17) is 13.9 Å². The number of methoxy groups -OCH3 is 2. The Kier molecular flexibility index (Phi) is 3.81. The minimum absolute atomic E-state index is 0.0208. The Morgan fingerprint density at radius 1 is 1.12 bits per heavy atom. The maximum absolute atomic E-state index is 12.4. The highest BCUT2D eigenvalue weighted by Crippen LogP contribution is 2.46. The molecule has 0 aliphatic carbocycles. The second kappa shape index (κ2) is 5.98. The minimum Gasteiger partial charge on any atom is -0.493 e. The van der Waals surface area contributed by atoms with E-state index < -0.39 is 0 Å². The van der Waals surface area contributed by atoms with Gasteiger partial charge in [0.1, 0.15) is 11.5 Å². The zero-order chi connectivity index (χ0) is 16.7. The highest BCUT2D eigenvalue weighted by molar-refractivity contribution is 5.81. The van der Waals surface area contributed by atoms with E-state index in [0.717, 1.165) is 24.5 Å². The van der Waals surface area contributed by atoms with Gasteiger partial charge in [-0.1, -0.05) is 0 Å². The van der Waals surface area contributed by atoms with Crippen molar-refractivity contribution in [3.63, 3.8) is 0 Å². The van der Waals surface area contributed by atoms with Gasteiger partial charge < -0.3 is 13.9 Å². The van der Waals surface area contributed by atoms with Crippen LogP contribution in [0.4, 0.5) is 0 Å². The van der Waals surface area contributed by atoms with E-state index in [2.05, 4.69) is 4.90 Å². The summed E-state index contributed by atoms with van der Waals surface area (Å²) in [5.74, 6) is 2.61. The summed E-state index contributed by atoms with van der Waals surface area (Å²) in [6.07, 6.45) is 3.67. The van der Waals surface area contributed by atoms with E-state index in [0.29, 0.717) is 18.6 Å². The standard InChI is InChI=1S/C19H21NO4/c1-22-18-8-12-5-6-20-15(14(12)11-19(18)23-2)9-13(21)10-16(20)17-4-3-7-24-17/h3-4,7-8,11,15-16H,5-6,9-10H2,1-2H3/t15-,16-/m0/s1. The highest BCUT2D eigenvalue weighted by Gasteiger charge is 2.40. The molecule has 2 aliphatic rings. The first-order valence-corrected chi connectivity index (χ1v) is 8.27. The van der Waals surface area contributed by atoms with Gasteiger partial charge in [-0.2, -0.15) is 0 Å². The van der Waals surface area contributed by atoms with Gasteiger partial charge in [0, 0.05) is 25.4 Å². The van der Waals surface area contributed by atoms with Crippen LogP contribution >= 0.6 is 0 Å². The van der Waals surface area contributed by atoms with Crippen molar-refractivity contribution >= 4 is 5.78 Å². The summed E-state index contributed by atoms with van der Waals surface area (Å²) in [5, 5.41) is 0.